The summed E-state index contributed by atoms with van der Waals surface area (Å²) in [6.07, 6.45) is 0. The molecule has 0 heterocycles. The van der Waals surface area contributed by atoms with E-state index in [9.17, 15) is 18.5 Å². The van der Waals surface area contributed by atoms with E-state index in [1.165, 1.54) is 36.4 Å². The van der Waals surface area contributed by atoms with Crippen LogP contribution in [0, 0.1) is 10.1 Å². The summed E-state index contributed by atoms with van der Waals surface area (Å²) in [5.41, 5.74) is 0.271. The smallest absolute Gasteiger partial charge is 0.269 e. The summed E-state index contributed by atoms with van der Waals surface area (Å²) < 4.78 is 26.6. The minimum Gasteiger partial charge on any atom is -0.282 e. The average Bonchev–Trinajstić information content (AvgIpc) is 2.43. The summed E-state index contributed by atoms with van der Waals surface area (Å²) in [5.74, 6) is -0.419. The molecular formula is C13H10Cl2N2O4S. The largest absolute Gasteiger partial charge is 0.282 e. The number of hydrogen-bond acceptors (Lipinski definition) is 4. The zero-order chi connectivity index (χ0) is 16.3. The first kappa shape index (κ1) is 16.5. The molecule has 0 spiro atoms. The SMILES string of the molecule is O=[N+]([O-])c1cccc(CS(=O)(=O)Nc2cccc(Cl)c2Cl)c1. The quantitative estimate of drug-likeness (QED) is 0.647. The van der Waals surface area contributed by atoms with E-state index in [2.05, 4.69) is 4.72 Å². The molecule has 2 aromatic carbocycles. The van der Waals surface area contributed by atoms with Gasteiger partial charge in [-0.2, -0.15) is 0 Å². The highest BCUT2D eigenvalue weighted by Crippen LogP contribution is 2.30. The van der Waals surface area contributed by atoms with Gasteiger partial charge in [-0.1, -0.05) is 41.4 Å². The van der Waals surface area contributed by atoms with Crippen LogP contribution in [0.5, 0.6) is 0 Å². The summed E-state index contributed by atoms with van der Waals surface area (Å²) in [5, 5.41) is 11.0. The Hall–Kier alpha value is -1.83. The maximum atomic E-state index is 12.1. The number of halogens is 2. The molecule has 0 aliphatic carbocycles. The second kappa shape index (κ2) is 6.51. The van der Waals surface area contributed by atoms with Crippen molar-refractivity contribution in [3.05, 3.63) is 68.2 Å². The minimum absolute atomic E-state index is 0.0896. The van der Waals surface area contributed by atoms with Gasteiger partial charge in [-0.3, -0.25) is 14.8 Å². The number of nitro benzene ring substituents is 1. The number of nitrogens with one attached hydrogen (secondary N) is 1. The molecule has 0 aromatic heterocycles. The summed E-state index contributed by atoms with van der Waals surface area (Å²) in [6.45, 7) is 0. The van der Waals surface area contributed by atoms with E-state index in [0.29, 0.717) is 5.56 Å². The van der Waals surface area contributed by atoms with E-state index >= 15 is 0 Å². The number of anilines is 1. The van der Waals surface area contributed by atoms with Crippen molar-refractivity contribution < 1.29 is 13.3 Å². The van der Waals surface area contributed by atoms with Crippen LogP contribution in [0.2, 0.25) is 10.0 Å². The van der Waals surface area contributed by atoms with E-state index < -0.39 is 20.7 Å². The van der Waals surface area contributed by atoms with Crippen LogP contribution in [-0.4, -0.2) is 13.3 Å². The Labute approximate surface area is 136 Å². The Balaban J connectivity index is 2.23. The molecule has 2 aromatic rings. The van der Waals surface area contributed by atoms with Crippen LogP contribution >= 0.6 is 23.2 Å². The molecule has 1 N–H and O–H groups in total. The zero-order valence-corrected chi connectivity index (χ0v) is 13.3. The van der Waals surface area contributed by atoms with Crippen LogP contribution in [0.1, 0.15) is 5.56 Å². The minimum atomic E-state index is -3.79. The third-order valence-electron chi connectivity index (χ3n) is 2.70. The zero-order valence-electron chi connectivity index (χ0n) is 11.0. The molecule has 2 rings (SSSR count). The van der Waals surface area contributed by atoms with E-state index in [4.69, 9.17) is 23.2 Å². The molecule has 0 saturated carbocycles. The highest BCUT2D eigenvalue weighted by Gasteiger charge is 2.16. The van der Waals surface area contributed by atoms with Crippen LogP contribution in [0.3, 0.4) is 0 Å². The van der Waals surface area contributed by atoms with Gasteiger partial charge < -0.3 is 0 Å². The van der Waals surface area contributed by atoms with Crippen molar-refractivity contribution in [2.24, 2.45) is 0 Å². The van der Waals surface area contributed by atoms with Gasteiger partial charge in [0.25, 0.3) is 5.69 Å². The van der Waals surface area contributed by atoms with Gasteiger partial charge in [0.05, 0.1) is 26.4 Å². The van der Waals surface area contributed by atoms with Gasteiger partial charge in [0, 0.05) is 12.1 Å². The molecule has 0 atom stereocenters. The number of rotatable bonds is 5. The Bertz CT molecular complexity index is 825. The van der Waals surface area contributed by atoms with Crippen molar-refractivity contribution in [1.82, 2.24) is 0 Å². The van der Waals surface area contributed by atoms with Crippen molar-refractivity contribution in [1.29, 1.82) is 0 Å². The molecule has 0 radical (unpaired) electrons. The second-order valence-electron chi connectivity index (χ2n) is 4.39. The molecule has 0 saturated heterocycles. The van der Waals surface area contributed by atoms with Gasteiger partial charge in [-0.15, -0.1) is 0 Å². The van der Waals surface area contributed by atoms with Crippen LogP contribution in [0.15, 0.2) is 42.5 Å². The average molecular weight is 361 g/mol. The molecule has 6 nitrogen and oxygen atoms in total. The lowest BCUT2D eigenvalue weighted by Crippen LogP contribution is -2.15. The normalized spacial score (nSPS) is 11.2. The molecule has 9 heteroatoms. The third-order valence-corrected chi connectivity index (χ3v) is 4.76. The maximum absolute atomic E-state index is 12.1. The lowest BCUT2D eigenvalue weighted by atomic mass is 10.2. The van der Waals surface area contributed by atoms with Crippen molar-refractivity contribution in [3.8, 4) is 0 Å². The summed E-state index contributed by atoms with van der Waals surface area (Å²) in [7, 11) is -3.79. The van der Waals surface area contributed by atoms with Crippen LogP contribution in [0.4, 0.5) is 11.4 Å². The molecule has 116 valence electrons. The third kappa shape index (κ3) is 4.09. The Kier molecular flexibility index (Phi) is 4.90. The van der Waals surface area contributed by atoms with E-state index in [-0.39, 0.29) is 21.4 Å². The Morgan fingerprint density at radius 2 is 1.82 bits per heavy atom. The fourth-order valence-corrected chi connectivity index (χ4v) is 3.36. The number of benzene rings is 2. The Morgan fingerprint density at radius 1 is 1.14 bits per heavy atom. The number of non-ortho nitro benzene ring substituents is 1. The lowest BCUT2D eigenvalue weighted by molar-refractivity contribution is -0.384. The van der Waals surface area contributed by atoms with E-state index in [0.717, 1.165) is 0 Å². The highest BCUT2D eigenvalue weighted by atomic mass is 35.5. The van der Waals surface area contributed by atoms with Gasteiger partial charge in [0.2, 0.25) is 10.0 Å². The van der Waals surface area contributed by atoms with Crippen molar-refractivity contribution >= 4 is 44.6 Å². The van der Waals surface area contributed by atoms with Gasteiger partial charge in [0.15, 0.2) is 0 Å². The van der Waals surface area contributed by atoms with Gasteiger partial charge in [-0.25, -0.2) is 8.42 Å². The highest BCUT2D eigenvalue weighted by molar-refractivity contribution is 7.91. The monoisotopic (exact) mass is 360 g/mol. The van der Waals surface area contributed by atoms with E-state index in [1.807, 2.05) is 0 Å². The molecule has 0 amide bonds. The van der Waals surface area contributed by atoms with Crippen LogP contribution < -0.4 is 4.72 Å². The van der Waals surface area contributed by atoms with Crippen LogP contribution in [-0.2, 0) is 15.8 Å². The topological polar surface area (TPSA) is 89.3 Å². The fraction of sp³-hybridized carbons (Fsp3) is 0.0769. The summed E-state index contributed by atoms with van der Waals surface area (Å²) in [6, 6.07) is 9.97. The predicted molar refractivity (Wildman–Crippen MR) is 85.8 cm³/mol. The fourth-order valence-electron chi connectivity index (χ4n) is 1.77. The molecule has 0 aliphatic rings. The molecule has 0 fully saturated rings. The first-order valence-corrected chi connectivity index (χ1v) is 8.37. The number of nitrogens with zero attached hydrogens (tertiary/aromatic N) is 1. The van der Waals surface area contributed by atoms with Gasteiger partial charge in [-0.05, 0) is 17.7 Å². The Morgan fingerprint density at radius 3 is 2.50 bits per heavy atom. The van der Waals surface area contributed by atoms with Gasteiger partial charge >= 0.3 is 0 Å². The lowest BCUT2D eigenvalue weighted by Gasteiger charge is -2.10. The molecule has 0 aliphatic heterocycles. The summed E-state index contributed by atoms with van der Waals surface area (Å²) >= 11 is 11.7. The van der Waals surface area contributed by atoms with Crippen molar-refractivity contribution in [2.75, 3.05) is 4.72 Å². The number of nitro groups is 1. The summed E-state index contributed by atoms with van der Waals surface area (Å²) in [4.78, 5) is 10.1. The van der Waals surface area contributed by atoms with Crippen LogP contribution in [0.25, 0.3) is 0 Å². The molecular weight excluding hydrogens is 351 g/mol. The predicted octanol–water partition coefficient (Wildman–Crippen LogP) is 3.84. The second-order valence-corrected chi connectivity index (χ2v) is 6.90. The maximum Gasteiger partial charge on any atom is 0.269 e. The van der Waals surface area contributed by atoms with E-state index in [1.54, 1.807) is 6.07 Å². The number of sulfonamides is 1. The molecule has 0 bridgehead atoms. The standard InChI is InChI=1S/C13H10Cl2N2O4S/c14-11-5-2-6-12(13(11)15)16-22(20,21)8-9-3-1-4-10(7-9)17(18)19/h1-7,16H,8H2. The van der Waals surface area contributed by atoms with Crippen molar-refractivity contribution in [2.45, 2.75) is 5.75 Å². The molecule has 22 heavy (non-hydrogen) atoms. The van der Waals surface area contributed by atoms with Gasteiger partial charge in [0.1, 0.15) is 0 Å². The first-order chi connectivity index (χ1) is 10.3. The first-order valence-electron chi connectivity index (χ1n) is 5.96. The number of hydrogen-bond donors (Lipinski definition) is 1. The molecule has 0 unspecified atom stereocenters. The van der Waals surface area contributed by atoms with Crippen molar-refractivity contribution in [3.63, 3.8) is 0 Å².